The van der Waals surface area contributed by atoms with Crippen LogP contribution < -0.4 is 21.1 Å². The van der Waals surface area contributed by atoms with E-state index in [9.17, 15) is 9.59 Å². The Morgan fingerprint density at radius 3 is 2.46 bits per heavy atom. The van der Waals surface area contributed by atoms with Crippen molar-refractivity contribution >= 4 is 17.7 Å². The Hall–Kier alpha value is -3.06. The molecule has 0 aromatic heterocycles. The molecule has 2 aromatic carbocycles. The SMILES string of the molecule is CCOc1ccc(NC(=O)C(N)CCCNC(=O)OCc2ccccc2)cc1. The third-order valence-corrected chi connectivity index (χ3v) is 3.94. The van der Waals surface area contributed by atoms with Crippen LogP contribution in [0.4, 0.5) is 10.5 Å². The Morgan fingerprint density at radius 1 is 1.07 bits per heavy atom. The zero-order valence-corrected chi connectivity index (χ0v) is 16.0. The minimum Gasteiger partial charge on any atom is -0.494 e. The molecule has 4 N–H and O–H groups in total. The van der Waals surface area contributed by atoms with Gasteiger partial charge in [-0.15, -0.1) is 0 Å². The fourth-order valence-electron chi connectivity index (χ4n) is 2.45. The van der Waals surface area contributed by atoms with Crippen LogP contribution in [-0.4, -0.2) is 31.2 Å². The monoisotopic (exact) mass is 385 g/mol. The zero-order valence-electron chi connectivity index (χ0n) is 16.0. The number of benzene rings is 2. The first-order chi connectivity index (χ1) is 13.6. The molecule has 28 heavy (non-hydrogen) atoms. The van der Waals surface area contributed by atoms with Crippen LogP contribution >= 0.6 is 0 Å². The largest absolute Gasteiger partial charge is 0.494 e. The van der Waals surface area contributed by atoms with E-state index in [1.165, 1.54) is 0 Å². The Bertz CT molecular complexity index is 735. The topological polar surface area (TPSA) is 103 Å². The van der Waals surface area contributed by atoms with Gasteiger partial charge in [-0.1, -0.05) is 30.3 Å². The fraction of sp³-hybridized carbons (Fsp3) is 0.333. The quantitative estimate of drug-likeness (QED) is 0.546. The van der Waals surface area contributed by atoms with E-state index < -0.39 is 12.1 Å². The summed E-state index contributed by atoms with van der Waals surface area (Å²) in [6.07, 6.45) is 0.524. The average Bonchev–Trinajstić information content (AvgIpc) is 2.72. The number of amides is 2. The van der Waals surface area contributed by atoms with Crippen molar-refractivity contribution in [2.75, 3.05) is 18.5 Å². The van der Waals surface area contributed by atoms with Gasteiger partial charge in [0.05, 0.1) is 12.6 Å². The standard InChI is InChI=1S/C21H27N3O4/c1-2-27-18-12-10-17(11-13-18)24-20(25)19(22)9-6-14-23-21(26)28-15-16-7-4-3-5-8-16/h3-5,7-8,10-13,19H,2,6,9,14-15,22H2,1H3,(H,23,26)(H,24,25). The van der Waals surface area contributed by atoms with E-state index in [0.717, 1.165) is 11.3 Å². The summed E-state index contributed by atoms with van der Waals surface area (Å²) in [6, 6.07) is 15.9. The number of nitrogens with one attached hydrogen (secondary N) is 2. The van der Waals surface area contributed by atoms with E-state index in [-0.39, 0.29) is 12.5 Å². The predicted molar refractivity (Wildman–Crippen MR) is 108 cm³/mol. The van der Waals surface area contributed by atoms with Crippen molar-refractivity contribution in [3.05, 3.63) is 60.2 Å². The average molecular weight is 385 g/mol. The third kappa shape index (κ3) is 7.67. The van der Waals surface area contributed by atoms with Crippen LogP contribution in [0.25, 0.3) is 0 Å². The highest BCUT2D eigenvalue weighted by atomic mass is 16.5. The van der Waals surface area contributed by atoms with Crippen molar-refractivity contribution in [3.63, 3.8) is 0 Å². The molecule has 0 heterocycles. The second-order valence-corrected chi connectivity index (χ2v) is 6.18. The molecule has 0 aliphatic heterocycles. The second kappa shape index (κ2) is 11.6. The van der Waals surface area contributed by atoms with Gasteiger partial charge in [-0.3, -0.25) is 4.79 Å². The summed E-state index contributed by atoms with van der Waals surface area (Å²) < 4.78 is 10.5. The minimum absolute atomic E-state index is 0.219. The lowest BCUT2D eigenvalue weighted by molar-refractivity contribution is -0.117. The number of carbonyl (C=O) groups is 2. The van der Waals surface area contributed by atoms with Gasteiger partial charge >= 0.3 is 6.09 Å². The molecule has 150 valence electrons. The fourth-order valence-corrected chi connectivity index (χ4v) is 2.45. The molecular weight excluding hydrogens is 358 g/mol. The lowest BCUT2D eigenvalue weighted by Gasteiger charge is -2.13. The molecule has 0 radical (unpaired) electrons. The maximum atomic E-state index is 12.1. The molecule has 0 aliphatic carbocycles. The summed E-state index contributed by atoms with van der Waals surface area (Å²) in [5.74, 6) is 0.478. The van der Waals surface area contributed by atoms with Crippen LogP contribution in [0.15, 0.2) is 54.6 Å². The van der Waals surface area contributed by atoms with Crippen LogP contribution in [0.5, 0.6) is 5.75 Å². The van der Waals surface area contributed by atoms with Crippen LogP contribution in [0.2, 0.25) is 0 Å². The molecule has 0 saturated carbocycles. The second-order valence-electron chi connectivity index (χ2n) is 6.18. The Morgan fingerprint density at radius 2 is 1.79 bits per heavy atom. The molecular formula is C21H27N3O4. The van der Waals surface area contributed by atoms with Gasteiger partial charge in [-0.05, 0) is 49.6 Å². The molecule has 0 saturated heterocycles. The van der Waals surface area contributed by atoms with E-state index in [1.54, 1.807) is 24.3 Å². The summed E-state index contributed by atoms with van der Waals surface area (Å²) >= 11 is 0. The van der Waals surface area contributed by atoms with Gasteiger partial charge in [0.2, 0.25) is 5.91 Å². The number of hydrogen-bond acceptors (Lipinski definition) is 5. The van der Waals surface area contributed by atoms with Crippen LogP contribution in [0, 0.1) is 0 Å². The Balaban J connectivity index is 1.61. The minimum atomic E-state index is -0.659. The predicted octanol–water partition coefficient (Wildman–Crippen LogP) is 3.06. The van der Waals surface area contributed by atoms with Crippen molar-refractivity contribution in [3.8, 4) is 5.75 Å². The smallest absolute Gasteiger partial charge is 0.407 e. The van der Waals surface area contributed by atoms with E-state index >= 15 is 0 Å². The molecule has 0 spiro atoms. The maximum absolute atomic E-state index is 12.1. The van der Waals surface area contributed by atoms with Gasteiger partial charge in [0.1, 0.15) is 12.4 Å². The van der Waals surface area contributed by atoms with Crippen LogP contribution in [-0.2, 0) is 16.1 Å². The van der Waals surface area contributed by atoms with Gasteiger partial charge < -0.3 is 25.8 Å². The lowest BCUT2D eigenvalue weighted by Crippen LogP contribution is -2.36. The van der Waals surface area contributed by atoms with Crippen molar-refractivity contribution < 1.29 is 19.1 Å². The van der Waals surface area contributed by atoms with Crippen molar-refractivity contribution in [1.29, 1.82) is 0 Å². The van der Waals surface area contributed by atoms with Gasteiger partial charge in [0, 0.05) is 12.2 Å². The number of hydrogen-bond donors (Lipinski definition) is 3. The van der Waals surface area contributed by atoms with Gasteiger partial charge in [-0.25, -0.2) is 4.79 Å². The molecule has 1 atom stereocenters. The first-order valence-corrected chi connectivity index (χ1v) is 9.32. The molecule has 1 unspecified atom stereocenters. The molecule has 7 nitrogen and oxygen atoms in total. The Kier molecular flexibility index (Phi) is 8.81. The first kappa shape index (κ1) is 21.2. The van der Waals surface area contributed by atoms with E-state index in [4.69, 9.17) is 15.2 Å². The van der Waals surface area contributed by atoms with Crippen LogP contribution in [0.3, 0.4) is 0 Å². The lowest BCUT2D eigenvalue weighted by atomic mass is 10.1. The maximum Gasteiger partial charge on any atom is 0.407 e. The molecule has 0 bridgehead atoms. The molecule has 2 aromatic rings. The molecule has 2 amide bonds. The van der Waals surface area contributed by atoms with Gasteiger partial charge in [0.15, 0.2) is 0 Å². The number of alkyl carbamates (subject to hydrolysis) is 1. The van der Waals surface area contributed by atoms with Gasteiger partial charge in [0.25, 0.3) is 0 Å². The highest BCUT2D eigenvalue weighted by molar-refractivity contribution is 5.94. The number of carbonyl (C=O) groups excluding carboxylic acids is 2. The highest BCUT2D eigenvalue weighted by Crippen LogP contribution is 2.15. The summed E-state index contributed by atoms with van der Waals surface area (Å²) in [5, 5.41) is 5.42. The van der Waals surface area contributed by atoms with Crippen LogP contribution in [0.1, 0.15) is 25.3 Å². The number of anilines is 1. The van der Waals surface area contributed by atoms with E-state index in [2.05, 4.69) is 10.6 Å². The molecule has 0 aliphatic rings. The number of ether oxygens (including phenoxy) is 2. The molecule has 2 rings (SSSR count). The number of rotatable bonds is 10. The van der Waals surface area contributed by atoms with Gasteiger partial charge in [-0.2, -0.15) is 0 Å². The van der Waals surface area contributed by atoms with E-state index in [0.29, 0.717) is 31.7 Å². The first-order valence-electron chi connectivity index (χ1n) is 9.32. The summed E-state index contributed by atoms with van der Waals surface area (Å²) in [6.45, 7) is 3.10. The summed E-state index contributed by atoms with van der Waals surface area (Å²) in [5.41, 5.74) is 7.49. The number of nitrogens with two attached hydrogens (primary N) is 1. The van der Waals surface area contributed by atoms with E-state index in [1.807, 2.05) is 37.3 Å². The highest BCUT2D eigenvalue weighted by Gasteiger charge is 2.13. The van der Waals surface area contributed by atoms with Crippen molar-refractivity contribution in [1.82, 2.24) is 5.32 Å². The summed E-state index contributed by atoms with van der Waals surface area (Å²) in [7, 11) is 0. The zero-order chi connectivity index (χ0) is 20.2. The third-order valence-electron chi connectivity index (χ3n) is 3.94. The Labute approximate surface area is 165 Å². The van der Waals surface area contributed by atoms with Crippen molar-refractivity contribution in [2.45, 2.75) is 32.4 Å². The summed E-state index contributed by atoms with van der Waals surface area (Å²) in [4.78, 5) is 23.8. The molecule has 7 heteroatoms. The normalized spacial score (nSPS) is 11.4. The molecule has 0 fully saturated rings. The van der Waals surface area contributed by atoms with Crippen molar-refractivity contribution in [2.24, 2.45) is 5.73 Å².